The Labute approximate surface area is 177 Å². The molecule has 1 aliphatic rings. The number of anilines is 1. The summed E-state index contributed by atoms with van der Waals surface area (Å²) >= 11 is 5.88. The summed E-state index contributed by atoms with van der Waals surface area (Å²) in [4.78, 5) is 31.9. The summed E-state index contributed by atoms with van der Waals surface area (Å²) in [6.07, 6.45) is 1.17. The zero-order chi connectivity index (χ0) is 21.4. The fraction of sp³-hybridized carbons (Fsp3) is 0.450. The van der Waals surface area contributed by atoms with E-state index in [1.807, 2.05) is 0 Å². The van der Waals surface area contributed by atoms with Gasteiger partial charge in [0.1, 0.15) is 18.5 Å². The topological polar surface area (TPSA) is 94.5 Å². The minimum atomic E-state index is -0.888. The number of benzene rings is 1. The summed E-state index contributed by atoms with van der Waals surface area (Å²) in [5, 5.41) is 11.3. The number of fused-ring (bicyclic) bond motifs is 1. The van der Waals surface area contributed by atoms with Crippen molar-refractivity contribution in [3.63, 3.8) is 0 Å². The van der Waals surface area contributed by atoms with Crippen LogP contribution in [-0.2, 0) is 20.6 Å². The molecule has 0 spiro atoms. The van der Waals surface area contributed by atoms with Gasteiger partial charge in [0.05, 0.1) is 6.54 Å². The number of rotatable bonds is 6. The molecule has 2 aromatic heterocycles. The van der Waals surface area contributed by atoms with E-state index in [1.54, 1.807) is 35.9 Å². The van der Waals surface area contributed by atoms with Gasteiger partial charge < -0.3 is 19.3 Å². The summed E-state index contributed by atoms with van der Waals surface area (Å²) in [7, 11) is 3.03. The van der Waals surface area contributed by atoms with Gasteiger partial charge in [-0.1, -0.05) is 11.6 Å². The molecule has 1 fully saturated rings. The highest BCUT2D eigenvalue weighted by atomic mass is 35.5. The van der Waals surface area contributed by atoms with Crippen LogP contribution in [0.3, 0.4) is 0 Å². The highest BCUT2D eigenvalue weighted by Crippen LogP contribution is 2.24. The van der Waals surface area contributed by atoms with Crippen LogP contribution in [0.5, 0.6) is 5.75 Å². The summed E-state index contributed by atoms with van der Waals surface area (Å²) in [6.45, 7) is 1.78. The molecule has 1 aliphatic heterocycles. The average molecular weight is 434 g/mol. The zero-order valence-electron chi connectivity index (χ0n) is 16.9. The first-order valence-corrected chi connectivity index (χ1v) is 10.2. The molecule has 1 aromatic carbocycles. The number of ether oxygens (including phenoxy) is 1. The molecule has 1 atom stereocenters. The Morgan fingerprint density at radius 1 is 1.13 bits per heavy atom. The van der Waals surface area contributed by atoms with Crippen LogP contribution < -0.4 is 20.9 Å². The normalized spacial score (nSPS) is 15.1. The van der Waals surface area contributed by atoms with E-state index in [9.17, 15) is 14.7 Å². The van der Waals surface area contributed by atoms with Crippen LogP contribution in [0.2, 0.25) is 5.02 Å². The number of aliphatic hydroxyl groups is 1. The Hall–Kier alpha value is -2.78. The van der Waals surface area contributed by atoms with Crippen molar-refractivity contribution in [3.05, 3.63) is 50.1 Å². The summed E-state index contributed by atoms with van der Waals surface area (Å²) in [5.74, 6) is 1.18. The molecular weight excluding hydrogens is 410 g/mol. The van der Waals surface area contributed by atoms with Crippen LogP contribution in [0.25, 0.3) is 11.2 Å². The standard InChI is InChI=1S/C20H24ClN5O4/c1-23-17-16(18(28)24(2)20(23)29)26(19(22-17)25-9-3-4-10-25)11-14(27)12-30-15-7-5-13(21)6-8-15/h5-8,14,27H,3-4,9-12H2,1-2H3/t14-/m0/s1. The van der Waals surface area contributed by atoms with Gasteiger partial charge >= 0.3 is 5.69 Å². The lowest BCUT2D eigenvalue weighted by Crippen LogP contribution is -2.38. The van der Waals surface area contributed by atoms with Crippen LogP contribution in [0.1, 0.15) is 12.8 Å². The van der Waals surface area contributed by atoms with Gasteiger partial charge in [0.15, 0.2) is 11.2 Å². The molecule has 4 rings (SSSR count). The molecule has 3 heterocycles. The number of aryl methyl sites for hydroxylation is 1. The maximum absolute atomic E-state index is 12.9. The highest BCUT2D eigenvalue weighted by Gasteiger charge is 2.25. The summed E-state index contributed by atoms with van der Waals surface area (Å²) < 4.78 is 9.78. The Kier molecular flexibility index (Phi) is 5.57. The van der Waals surface area contributed by atoms with Crippen LogP contribution in [0, 0.1) is 0 Å². The molecule has 9 nitrogen and oxygen atoms in total. The van der Waals surface area contributed by atoms with Gasteiger partial charge in [-0.25, -0.2) is 4.79 Å². The fourth-order valence-corrected chi connectivity index (χ4v) is 3.88. The number of halogens is 1. The van der Waals surface area contributed by atoms with E-state index in [4.69, 9.17) is 16.3 Å². The van der Waals surface area contributed by atoms with Crippen molar-refractivity contribution in [2.45, 2.75) is 25.5 Å². The Morgan fingerprint density at radius 3 is 2.47 bits per heavy atom. The lowest BCUT2D eigenvalue weighted by Gasteiger charge is -2.20. The van der Waals surface area contributed by atoms with E-state index < -0.39 is 17.4 Å². The first-order valence-electron chi connectivity index (χ1n) is 9.84. The third-order valence-corrected chi connectivity index (χ3v) is 5.62. The molecule has 0 unspecified atom stereocenters. The van der Waals surface area contributed by atoms with E-state index in [2.05, 4.69) is 9.88 Å². The van der Waals surface area contributed by atoms with Gasteiger partial charge in [-0.05, 0) is 37.1 Å². The third kappa shape index (κ3) is 3.70. The van der Waals surface area contributed by atoms with E-state index in [0.717, 1.165) is 30.5 Å². The van der Waals surface area contributed by atoms with Crippen molar-refractivity contribution >= 4 is 28.7 Å². The second-order valence-electron chi connectivity index (χ2n) is 7.51. The van der Waals surface area contributed by atoms with Gasteiger partial charge in [0, 0.05) is 32.2 Å². The first kappa shape index (κ1) is 20.5. The molecule has 0 bridgehead atoms. The van der Waals surface area contributed by atoms with Crippen molar-refractivity contribution in [1.29, 1.82) is 0 Å². The first-order chi connectivity index (χ1) is 14.4. The van der Waals surface area contributed by atoms with Crippen LogP contribution in [0.4, 0.5) is 5.95 Å². The van der Waals surface area contributed by atoms with Gasteiger partial charge in [-0.3, -0.25) is 13.9 Å². The molecular formula is C20H24ClN5O4. The maximum atomic E-state index is 12.9. The van der Waals surface area contributed by atoms with Crippen molar-refractivity contribution < 1.29 is 9.84 Å². The number of nitrogens with zero attached hydrogens (tertiary/aromatic N) is 5. The Bertz CT molecular complexity index is 1180. The molecule has 30 heavy (non-hydrogen) atoms. The number of aliphatic hydroxyl groups excluding tert-OH is 1. The van der Waals surface area contributed by atoms with Crippen molar-refractivity contribution in [3.8, 4) is 5.75 Å². The molecule has 0 amide bonds. The van der Waals surface area contributed by atoms with E-state index in [1.165, 1.54) is 11.6 Å². The van der Waals surface area contributed by atoms with Crippen molar-refractivity contribution in [1.82, 2.24) is 18.7 Å². The van der Waals surface area contributed by atoms with Crippen molar-refractivity contribution in [2.24, 2.45) is 14.1 Å². The number of aromatic nitrogens is 4. The molecule has 0 aliphatic carbocycles. The smallest absolute Gasteiger partial charge is 0.332 e. The largest absolute Gasteiger partial charge is 0.491 e. The quantitative estimate of drug-likeness (QED) is 0.626. The number of hydrogen-bond acceptors (Lipinski definition) is 6. The van der Waals surface area contributed by atoms with Crippen LogP contribution >= 0.6 is 11.6 Å². The van der Waals surface area contributed by atoms with Crippen LogP contribution in [0.15, 0.2) is 33.9 Å². The highest BCUT2D eigenvalue weighted by molar-refractivity contribution is 6.30. The lowest BCUT2D eigenvalue weighted by atomic mass is 10.3. The molecule has 0 radical (unpaired) electrons. The lowest BCUT2D eigenvalue weighted by molar-refractivity contribution is 0.0936. The molecule has 1 saturated heterocycles. The van der Waals surface area contributed by atoms with Gasteiger partial charge in [-0.15, -0.1) is 0 Å². The fourth-order valence-electron chi connectivity index (χ4n) is 3.75. The van der Waals surface area contributed by atoms with Gasteiger partial charge in [0.25, 0.3) is 5.56 Å². The second kappa shape index (κ2) is 8.16. The number of hydrogen-bond donors (Lipinski definition) is 1. The number of imidazole rings is 1. The minimum Gasteiger partial charge on any atom is -0.491 e. The summed E-state index contributed by atoms with van der Waals surface area (Å²) in [5.41, 5.74) is -0.253. The molecule has 3 aromatic rings. The Balaban J connectivity index is 1.69. The van der Waals surface area contributed by atoms with E-state index in [-0.39, 0.29) is 13.2 Å². The average Bonchev–Trinajstić information content (AvgIpc) is 3.38. The second-order valence-corrected chi connectivity index (χ2v) is 7.95. The predicted molar refractivity (Wildman–Crippen MR) is 115 cm³/mol. The van der Waals surface area contributed by atoms with E-state index >= 15 is 0 Å². The van der Waals surface area contributed by atoms with E-state index in [0.29, 0.717) is 27.9 Å². The van der Waals surface area contributed by atoms with Crippen LogP contribution in [-0.4, -0.2) is 49.6 Å². The zero-order valence-corrected chi connectivity index (χ0v) is 17.7. The Morgan fingerprint density at radius 2 is 1.80 bits per heavy atom. The molecule has 10 heteroatoms. The third-order valence-electron chi connectivity index (χ3n) is 5.37. The maximum Gasteiger partial charge on any atom is 0.332 e. The molecule has 1 N–H and O–H groups in total. The van der Waals surface area contributed by atoms with Gasteiger partial charge in [-0.2, -0.15) is 4.98 Å². The minimum absolute atomic E-state index is 0.0345. The molecule has 0 saturated carbocycles. The SMILES string of the molecule is Cn1c(=O)c2c(nc(N3CCCC3)n2C[C@H](O)COc2ccc(Cl)cc2)n(C)c1=O. The predicted octanol–water partition coefficient (Wildman–Crippen LogP) is 1.13. The molecule has 160 valence electrons. The summed E-state index contributed by atoms with van der Waals surface area (Å²) in [6, 6.07) is 6.87. The monoisotopic (exact) mass is 433 g/mol. The van der Waals surface area contributed by atoms with Gasteiger partial charge in [0.2, 0.25) is 5.95 Å². The van der Waals surface area contributed by atoms with Crippen molar-refractivity contribution in [2.75, 3.05) is 24.6 Å².